The monoisotopic (exact) mass is 439 g/mol. The number of anilines is 1. The van der Waals surface area contributed by atoms with Crippen molar-refractivity contribution in [1.29, 1.82) is 0 Å². The van der Waals surface area contributed by atoms with Crippen LogP contribution in [-0.4, -0.2) is 43.9 Å². The van der Waals surface area contributed by atoms with E-state index in [1.165, 1.54) is 6.33 Å². The fraction of sp³-hybridized carbons (Fsp3) is 0.125. The molecule has 3 heterocycles. The molecule has 0 fully saturated rings. The molecular weight excluding hydrogens is 418 g/mol. The number of aromatic nitrogens is 5. The van der Waals surface area contributed by atoms with Crippen LogP contribution in [0.3, 0.4) is 0 Å². The highest BCUT2D eigenvalue weighted by atomic mass is 16.5. The van der Waals surface area contributed by atoms with E-state index in [9.17, 15) is 4.79 Å². The molecule has 0 bridgehead atoms. The fourth-order valence-electron chi connectivity index (χ4n) is 3.46. The smallest absolute Gasteiger partial charge is 0.251 e. The van der Waals surface area contributed by atoms with Crippen LogP contribution in [0.4, 0.5) is 5.82 Å². The normalized spacial score (nSPS) is 10.9. The number of hydrogen-bond acceptors (Lipinski definition) is 7. The molecule has 5 aromatic rings. The molecule has 0 aliphatic rings. The second kappa shape index (κ2) is 8.91. The lowest BCUT2D eigenvalue weighted by atomic mass is 10.1. The van der Waals surface area contributed by atoms with E-state index in [4.69, 9.17) is 4.52 Å². The van der Waals surface area contributed by atoms with Crippen molar-refractivity contribution < 1.29 is 9.32 Å². The lowest BCUT2D eigenvalue weighted by Crippen LogP contribution is -2.28. The molecule has 1 amide bonds. The third-order valence-electron chi connectivity index (χ3n) is 5.10. The van der Waals surface area contributed by atoms with Gasteiger partial charge in [-0.05, 0) is 31.2 Å². The molecule has 164 valence electrons. The molecule has 9 heteroatoms. The molecule has 0 radical (unpaired) electrons. The number of nitrogens with one attached hydrogen (secondary N) is 2. The number of amides is 1. The maximum absolute atomic E-state index is 12.7. The average molecular weight is 439 g/mol. The Balaban J connectivity index is 1.21. The van der Waals surface area contributed by atoms with E-state index in [0.29, 0.717) is 41.6 Å². The molecule has 0 unspecified atom stereocenters. The Bertz CT molecular complexity index is 1410. The van der Waals surface area contributed by atoms with Crippen LogP contribution in [0.2, 0.25) is 0 Å². The van der Waals surface area contributed by atoms with Crippen LogP contribution >= 0.6 is 0 Å². The molecule has 0 saturated heterocycles. The van der Waals surface area contributed by atoms with E-state index in [-0.39, 0.29) is 5.91 Å². The number of benzene rings is 2. The van der Waals surface area contributed by atoms with Crippen LogP contribution in [0.25, 0.3) is 28.0 Å². The Hall–Kier alpha value is -4.53. The molecule has 9 nitrogen and oxygen atoms in total. The van der Waals surface area contributed by atoms with Crippen LogP contribution in [0.5, 0.6) is 0 Å². The van der Waals surface area contributed by atoms with E-state index in [1.54, 1.807) is 28.9 Å². The maximum atomic E-state index is 12.7. The third kappa shape index (κ3) is 4.42. The van der Waals surface area contributed by atoms with Gasteiger partial charge in [0.25, 0.3) is 5.91 Å². The topological polar surface area (TPSA) is 111 Å². The summed E-state index contributed by atoms with van der Waals surface area (Å²) in [7, 11) is 0. The van der Waals surface area contributed by atoms with Crippen LogP contribution < -0.4 is 10.6 Å². The molecule has 3 aromatic heterocycles. The zero-order valence-corrected chi connectivity index (χ0v) is 17.9. The minimum absolute atomic E-state index is 0.172. The van der Waals surface area contributed by atoms with Gasteiger partial charge in [0, 0.05) is 36.5 Å². The Morgan fingerprint density at radius 2 is 1.91 bits per heavy atom. The number of carbonyl (C=O) groups is 1. The van der Waals surface area contributed by atoms with Crippen molar-refractivity contribution in [3.05, 3.63) is 84.4 Å². The predicted octanol–water partition coefficient (Wildman–Crippen LogP) is 3.62. The van der Waals surface area contributed by atoms with E-state index >= 15 is 0 Å². The van der Waals surface area contributed by atoms with E-state index in [2.05, 4.69) is 30.9 Å². The Labute approximate surface area is 189 Å². The Morgan fingerprint density at radius 1 is 1.03 bits per heavy atom. The summed E-state index contributed by atoms with van der Waals surface area (Å²) in [5.41, 5.74) is 3.07. The largest absolute Gasteiger partial charge is 0.368 e. The van der Waals surface area contributed by atoms with Gasteiger partial charge in [0.05, 0.1) is 11.1 Å². The summed E-state index contributed by atoms with van der Waals surface area (Å²) in [6.45, 7) is 2.85. The highest BCUT2D eigenvalue weighted by Crippen LogP contribution is 2.29. The van der Waals surface area contributed by atoms with Crippen LogP contribution in [0.15, 0.2) is 77.7 Å². The first-order valence-corrected chi connectivity index (χ1v) is 10.5. The van der Waals surface area contributed by atoms with Crippen molar-refractivity contribution in [3.8, 4) is 17.1 Å². The lowest BCUT2D eigenvalue weighted by molar-refractivity contribution is 0.0955. The van der Waals surface area contributed by atoms with Gasteiger partial charge in [-0.3, -0.25) is 4.79 Å². The second-order valence-corrected chi connectivity index (χ2v) is 7.46. The van der Waals surface area contributed by atoms with Gasteiger partial charge < -0.3 is 15.2 Å². The lowest BCUT2D eigenvalue weighted by Gasteiger charge is -2.08. The first-order valence-electron chi connectivity index (χ1n) is 10.5. The Morgan fingerprint density at radius 3 is 2.73 bits per heavy atom. The van der Waals surface area contributed by atoms with Crippen molar-refractivity contribution in [2.45, 2.75) is 6.92 Å². The van der Waals surface area contributed by atoms with Crippen LogP contribution in [0.1, 0.15) is 16.1 Å². The van der Waals surface area contributed by atoms with E-state index < -0.39 is 0 Å². The number of rotatable bonds is 7. The van der Waals surface area contributed by atoms with Crippen molar-refractivity contribution >= 4 is 22.6 Å². The minimum atomic E-state index is -0.172. The van der Waals surface area contributed by atoms with Crippen molar-refractivity contribution in [2.75, 3.05) is 18.4 Å². The molecule has 0 spiro atoms. The molecule has 0 atom stereocenters. The summed E-state index contributed by atoms with van der Waals surface area (Å²) in [5, 5.41) is 15.4. The van der Waals surface area contributed by atoms with Gasteiger partial charge in [0.15, 0.2) is 11.6 Å². The van der Waals surface area contributed by atoms with Gasteiger partial charge >= 0.3 is 0 Å². The molecule has 2 aromatic carbocycles. The number of hydrogen-bond donors (Lipinski definition) is 2. The summed E-state index contributed by atoms with van der Waals surface area (Å²) in [4.78, 5) is 21.1. The highest BCUT2D eigenvalue weighted by molar-refractivity contribution is 6.00. The average Bonchev–Trinajstić information content (AvgIpc) is 3.48. The highest BCUT2D eigenvalue weighted by Gasteiger charge is 2.14. The Kier molecular flexibility index (Phi) is 5.50. The molecule has 2 N–H and O–H groups in total. The second-order valence-electron chi connectivity index (χ2n) is 7.46. The summed E-state index contributed by atoms with van der Waals surface area (Å²) >= 11 is 0. The number of aryl methyl sites for hydroxylation is 1. The van der Waals surface area contributed by atoms with Gasteiger partial charge in [0.2, 0.25) is 0 Å². The van der Waals surface area contributed by atoms with Crippen molar-refractivity contribution in [3.63, 3.8) is 0 Å². The summed E-state index contributed by atoms with van der Waals surface area (Å²) in [6, 6.07) is 18.8. The number of fused-ring (bicyclic) bond motifs is 1. The van der Waals surface area contributed by atoms with E-state index in [1.807, 2.05) is 49.5 Å². The first kappa shape index (κ1) is 20.4. The minimum Gasteiger partial charge on any atom is -0.368 e. The fourth-order valence-corrected chi connectivity index (χ4v) is 3.46. The predicted molar refractivity (Wildman–Crippen MR) is 124 cm³/mol. The molecule has 33 heavy (non-hydrogen) atoms. The molecular formula is C24H21N7O2. The van der Waals surface area contributed by atoms with Gasteiger partial charge in [-0.2, -0.15) is 5.10 Å². The van der Waals surface area contributed by atoms with Crippen LogP contribution in [0, 0.1) is 6.92 Å². The SMILES string of the molecule is Cc1ccn(-c2cc(NCCNC(=O)c3ccc4noc(-c5ccccc5)c4c3)ncn2)n1. The summed E-state index contributed by atoms with van der Waals surface area (Å²) < 4.78 is 7.21. The van der Waals surface area contributed by atoms with Gasteiger partial charge in [-0.15, -0.1) is 0 Å². The maximum Gasteiger partial charge on any atom is 0.251 e. The van der Waals surface area contributed by atoms with Crippen molar-refractivity contribution in [2.24, 2.45) is 0 Å². The molecule has 0 saturated carbocycles. The zero-order chi connectivity index (χ0) is 22.6. The standard InChI is InChI=1S/C24H21N7O2/c1-16-9-12-31(29-16)22-14-21(27-15-28-22)25-10-11-26-24(32)18-7-8-20-19(13-18)23(33-30-20)17-5-3-2-4-6-17/h2-9,12-15H,10-11H2,1H3,(H,26,32)(H,25,27,28). The van der Waals surface area contributed by atoms with E-state index in [0.717, 1.165) is 16.6 Å². The third-order valence-corrected chi connectivity index (χ3v) is 5.10. The number of nitrogens with zero attached hydrogens (tertiary/aromatic N) is 5. The molecule has 5 rings (SSSR count). The van der Waals surface area contributed by atoms with Crippen LogP contribution in [-0.2, 0) is 0 Å². The number of carbonyl (C=O) groups excluding carboxylic acids is 1. The van der Waals surface area contributed by atoms with Crippen molar-refractivity contribution in [1.82, 2.24) is 30.2 Å². The molecule has 0 aliphatic carbocycles. The quantitative estimate of drug-likeness (QED) is 0.373. The summed E-state index contributed by atoms with van der Waals surface area (Å²) in [5.74, 6) is 1.80. The van der Waals surface area contributed by atoms with Gasteiger partial charge in [-0.25, -0.2) is 14.6 Å². The van der Waals surface area contributed by atoms with Gasteiger partial charge in [-0.1, -0.05) is 35.5 Å². The zero-order valence-electron chi connectivity index (χ0n) is 17.9. The first-order chi connectivity index (χ1) is 16.2. The van der Waals surface area contributed by atoms with Gasteiger partial charge in [0.1, 0.15) is 17.7 Å². The summed E-state index contributed by atoms with van der Waals surface area (Å²) in [6.07, 6.45) is 3.32. The molecule has 0 aliphatic heterocycles.